The topological polar surface area (TPSA) is 45.5 Å². The highest BCUT2D eigenvalue weighted by Crippen LogP contribution is 2.24. The Balaban J connectivity index is 1.90. The third kappa shape index (κ3) is 2.88. The van der Waals surface area contributed by atoms with Gasteiger partial charge in [0, 0.05) is 36.7 Å². The second-order valence-corrected chi connectivity index (χ2v) is 6.15. The number of hydrogen-bond donors (Lipinski definition) is 1. The number of benzene rings is 1. The van der Waals surface area contributed by atoms with Gasteiger partial charge in [-0.2, -0.15) is 0 Å². The van der Waals surface area contributed by atoms with E-state index in [2.05, 4.69) is 17.6 Å². The van der Waals surface area contributed by atoms with E-state index in [-0.39, 0.29) is 12.0 Å². The van der Waals surface area contributed by atoms with E-state index in [0.29, 0.717) is 19.5 Å². The summed E-state index contributed by atoms with van der Waals surface area (Å²) >= 11 is 0. The number of carbonyl (C=O) groups is 1. The van der Waals surface area contributed by atoms with Crippen LogP contribution in [-0.4, -0.2) is 39.7 Å². The van der Waals surface area contributed by atoms with E-state index in [1.165, 1.54) is 12.8 Å². The number of aliphatic hydroxyl groups excluding tert-OH is 1. The summed E-state index contributed by atoms with van der Waals surface area (Å²) in [6.07, 6.45) is 5.83. The van der Waals surface area contributed by atoms with Gasteiger partial charge in [0.1, 0.15) is 0 Å². The number of rotatable bonds is 5. The first kappa shape index (κ1) is 15.1. The molecule has 1 N–H and O–H groups in total. The molecule has 1 amide bonds. The molecule has 1 fully saturated rings. The van der Waals surface area contributed by atoms with Gasteiger partial charge in [0.2, 0.25) is 0 Å². The maximum Gasteiger partial charge on any atom is 0.256 e. The first-order valence-electron chi connectivity index (χ1n) is 8.26. The van der Waals surface area contributed by atoms with E-state index in [1.54, 1.807) is 4.90 Å². The maximum atomic E-state index is 12.8. The lowest BCUT2D eigenvalue weighted by atomic mass is 10.1. The van der Waals surface area contributed by atoms with Crippen molar-refractivity contribution in [1.29, 1.82) is 0 Å². The molecule has 1 aliphatic rings. The molecule has 4 nitrogen and oxygen atoms in total. The zero-order valence-corrected chi connectivity index (χ0v) is 13.2. The van der Waals surface area contributed by atoms with E-state index >= 15 is 0 Å². The van der Waals surface area contributed by atoms with Gasteiger partial charge in [-0.05, 0) is 18.9 Å². The first-order chi connectivity index (χ1) is 10.7. The minimum absolute atomic E-state index is 0.0435. The fraction of sp³-hybridized carbons (Fsp3) is 0.500. The summed E-state index contributed by atoms with van der Waals surface area (Å²) in [5.41, 5.74) is 1.89. The summed E-state index contributed by atoms with van der Waals surface area (Å²) in [6.45, 7) is 4.25. The number of unbranched alkanes of at least 4 members (excludes halogenated alkanes) is 2. The molecule has 0 radical (unpaired) electrons. The van der Waals surface area contributed by atoms with Gasteiger partial charge in [-0.25, -0.2) is 0 Å². The summed E-state index contributed by atoms with van der Waals surface area (Å²) in [7, 11) is 0. The average molecular weight is 300 g/mol. The number of aryl methyl sites for hydroxylation is 1. The monoisotopic (exact) mass is 300 g/mol. The summed E-state index contributed by atoms with van der Waals surface area (Å²) in [5.74, 6) is 0.0435. The van der Waals surface area contributed by atoms with Gasteiger partial charge in [0.25, 0.3) is 5.91 Å². The smallest absolute Gasteiger partial charge is 0.256 e. The van der Waals surface area contributed by atoms with Crippen LogP contribution in [0.25, 0.3) is 10.9 Å². The van der Waals surface area contributed by atoms with Gasteiger partial charge in [-0.1, -0.05) is 38.0 Å². The Bertz CT molecular complexity index is 662. The molecule has 0 spiro atoms. The molecule has 1 aliphatic heterocycles. The zero-order valence-electron chi connectivity index (χ0n) is 13.2. The SMILES string of the molecule is CCCCCn1cc(C(=O)N2CC[C@H](O)C2)c2ccccc21. The average Bonchev–Trinajstić information content (AvgIpc) is 3.12. The second kappa shape index (κ2) is 6.53. The second-order valence-electron chi connectivity index (χ2n) is 6.15. The molecule has 22 heavy (non-hydrogen) atoms. The number of amides is 1. The minimum Gasteiger partial charge on any atom is -0.391 e. The van der Waals surface area contributed by atoms with Crippen molar-refractivity contribution in [2.45, 2.75) is 45.3 Å². The van der Waals surface area contributed by atoms with Gasteiger partial charge in [0.05, 0.1) is 11.7 Å². The van der Waals surface area contributed by atoms with Crippen molar-refractivity contribution in [2.75, 3.05) is 13.1 Å². The predicted molar refractivity (Wildman–Crippen MR) is 88.0 cm³/mol. The number of aromatic nitrogens is 1. The van der Waals surface area contributed by atoms with E-state index in [9.17, 15) is 9.90 Å². The minimum atomic E-state index is -0.373. The Kier molecular flexibility index (Phi) is 4.48. The van der Waals surface area contributed by atoms with Gasteiger partial charge in [0.15, 0.2) is 0 Å². The molecule has 0 bridgehead atoms. The Morgan fingerprint density at radius 2 is 2.14 bits per heavy atom. The van der Waals surface area contributed by atoms with Gasteiger partial charge >= 0.3 is 0 Å². The Morgan fingerprint density at radius 3 is 2.86 bits per heavy atom. The Labute approximate surface area is 131 Å². The van der Waals surface area contributed by atoms with Crippen molar-refractivity contribution < 1.29 is 9.90 Å². The van der Waals surface area contributed by atoms with Crippen molar-refractivity contribution >= 4 is 16.8 Å². The van der Waals surface area contributed by atoms with Crippen molar-refractivity contribution in [2.24, 2.45) is 0 Å². The van der Waals surface area contributed by atoms with E-state index in [4.69, 9.17) is 0 Å². The molecule has 1 atom stereocenters. The Morgan fingerprint density at radius 1 is 1.32 bits per heavy atom. The summed E-state index contributed by atoms with van der Waals surface area (Å²) in [4.78, 5) is 14.5. The van der Waals surface area contributed by atoms with Crippen molar-refractivity contribution in [1.82, 2.24) is 9.47 Å². The van der Waals surface area contributed by atoms with E-state index in [1.807, 2.05) is 24.4 Å². The maximum absolute atomic E-state index is 12.8. The van der Waals surface area contributed by atoms with Crippen molar-refractivity contribution in [3.63, 3.8) is 0 Å². The lowest BCUT2D eigenvalue weighted by molar-refractivity contribution is 0.0766. The molecule has 3 rings (SSSR count). The van der Waals surface area contributed by atoms with Gasteiger partial charge < -0.3 is 14.6 Å². The van der Waals surface area contributed by atoms with E-state index < -0.39 is 0 Å². The van der Waals surface area contributed by atoms with Crippen LogP contribution in [0.1, 0.15) is 43.0 Å². The lowest BCUT2D eigenvalue weighted by Gasteiger charge is -2.14. The number of likely N-dealkylation sites (tertiary alicyclic amines) is 1. The largest absolute Gasteiger partial charge is 0.391 e. The number of para-hydroxylation sites is 1. The molecule has 0 unspecified atom stereocenters. The lowest BCUT2D eigenvalue weighted by Crippen LogP contribution is -2.29. The molecule has 1 aromatic heterocycles. The molecule has 1 aromatic carbocycles. The number of nitrogens with zero attached hydrogens (tertiary/aromatic N) is 2. The van der Waals surface area contributed by atoms with Gasteiger partial charge in [-0.3, -0.25) is 4.79 Å². The molecule has 2 heterocycles. The van der Waals surface area contributed by atoms with Crippen LogP contribution in [-0.2, 0) is 6.54 Å². The van der Waals surface area contributed by atoms with Crippen molar-refractivity contribution in [3.05, 3.63) is 36.0 Å². The molecular weight excluding hydrogens is 276 g/mol. The number of fused-ring (bicyclic) bond motifs is 1. The Hall–Kier alpha value is -1.81. The highest BCUT2D eigenvalue weighted by Gasteiger charge is 2.27. The number of β-amino-alcohol motifs (C(OH)–C–C–N with tert-alkyl or cyclic N) is 1. The molecule has 4 heteroatoms. The normalized spacial score (nSPS) is 18.3. The first-order valence-corrected chi connectivity index (χ1v) is 8.26. The molecule has 1 saturated heterocycles. The predicted octanol–water partition coefficient (Wildman–Crippen LogP) is 3.04. The number of carbonyl (C=O) groups excluding carboxylic acids is 1. The molecule has 2 aromatic rings. The van der Waals surface area contributed by atoms with E-state index in [0.717, 1.165) is 29.4 Å². The fourth-order valence-corrected chi connectivity index (χ4v) is 3.23. The van der Waals surface area contributed by atoms with Crippen LogP contribution in [0.2, 0.25) is 0 Å². The number of aliphatic hydroxyl groups is 1. The van der Waals surface area contributed by atoms with Crippen LogP contribution in [0.15, 0.2) is 30.5 Å². The summed E-state index contributed by atoms with van der Waals surface area (Å²) in [5, 5.41) is 10.7. The van der Waals surface area contributed by atoms with Crippen LogP contribution < -0.4 is 0 Å². The molecule has 118 valence electrons. The number of hydrogen-bond acceptors (Lipinski definition) is 2. The molecular formula is C18H24N2O2. The standard InChI is InChI=1S/C18H24N2O2/c1-2-3-6-10-19-13-16(15-7-4-5-8-17(15)19)18(22)20-11-9-14(21)12-20/h4-5,7-8,13-14,21H,2-3,6,9-12H2,1H3/t14-/m0/s1. The van der Waals surface area contributed by atoms with Gasteiger partial charge in [-0.15, -0.1) is 0 Å². The molecule has 0 saturated carbocycles. The van der Waals surface area contributed by atoms with Crippen molar-refractivity contribution in [3.8, 4) is 0 Å². The quantitative estimate of drug-likeness (QED) is 0.863. The molecule has 0 aliphatic carbocycles. The summed E-state index contributed by atoms with van der Waals surface area (Å²) in [6, 6.07) is 8.10. The van der Waals surface area contributed by atoms with Crippen LogP contribution in [0.4, 0.5) is 0 Å². The zero-order chi connectivity index (χ0) is 15.5. The summed E-state index contributed by atoms with van der Waals surface area (Å²) < 4.78 is 2.20. The third-order valence-electron chi connectivity index (χ3n) is 4.47. The highest BCUT2D eigenvalue weighted by atomic mass is 16.3. The van der Waals surface area contributed by atoms with Crippen LogP contribution in [0.3, 0.4) is 0 Å². The van der Waals surface area contributed by atoms with Crippen LogP contribution in [0.5, 0.6) is 0 Å². The van der Waals surface area contributed by atoms with Crippen LogP contribution >= 0.6 is 0 Å². The highest BCUT2D eigenvalue weighted by molar-refractivity contribution is 6.07. The van der Waals surface area contributed by atoms with Crippen LogP contribution in [0, 0.1) is 0 Å². The third-order valence-corrected chi connectivity index (χ3v) is 4.47. The fourth-order valence-electron chi connectivity index (χ4n) is 3.23.